The molecule has 2 aromatic rings. The Kier molecular flexibility index (Phi) is 5.43. The van der Waals surface area contributed by atoms with Crippen LogP contribution in [0.5, 0.6) is 0 Å². The molecule has 0 aliphatic carbocycles. The number of anilines is 2. The third kappa shape index (κ3) is 3.65. The molecule has 1 heterocycles. The van der Waals surface area contributed by atoms with Crippen molar-refractivity contribution < 1.29 is 9.90 Å². The molecule has 1 aliphatic heterocycles. The van der Waals surface area contributed by atoms with Crippen LogP contribution in [-0.4, -0.2) is 42.1 Å². The first kappa shape index (κ1) is 17.8. The maximum atomic E-state index is 12.7. The molecule has 6 heteroatoms. The fraction of sp³-hybridized carbons (Fsp3) is 0.250. The second-order valence-corrected chi connectivity index (χ2v) is 5.92. The maximum absolute atomic E-state index is 12.7. The molecule has 0 fully saturated rings. The van der Waals surface area contributed by atoms with E-state index in [1.54, 1.807) is 6.92 Å². The Balaban J connectivity index is 1.82. The van der Waals surface area contributed by atoms with Gasteiger partial charge in [-0.3, -0.25) is 4.79 Å². The number of carbonyl (C=O) groups excluding carboxylic acids is 1. The van der Waals surface area contributed by atoms with Crippen LogP contribution in [0.4, 0.5) is 17.1 Å². The second kappa shape index (κ2) is 7.93. The summed E-state index contributed by atoms with van der Waals surface area (Å²) < 4.78 is 0. The van der Waals surface area contributed by atoms with Gasteiger partial charge in [-0.15, -0.1) is 0 Å². The molecule has 6 nitrogen and oxygen atoms in total. The van der Waals surface area contributed by atoms with E-state index in [9.17, 15) is 4.79 Å². The lowest BCUT2D eigenvalue weighted by atomic mass is 10.2. The Bertz CT molecular complexity index is 829. The number of aliphatic hydroxyl groups excluding tert-OH is 1. The minimum absolute atomic E-state index is 0.109. The molecule has 1 aliphatic rings. The van der Waals surface area contributed by atoms with Gasteiger partial charge in [0.2, 0.25) is 0 Å². The van der Waals surface area contributed by atoms with Crippen molar-refractivity contribution >= 4 is 34.4 Å². The summed E-state index contributed by atoms with van der Waals surface area (Å²) in [5.41, 5.74) is 3.38. The molecule has 0 saturated carbocycles. The highest BCUT2D eigenvalue weighted by atomic mass is 16.3. The minimum Gasteiger partial charge on any atom is -0.395 e. The number of nitrogens with zero attached hydrogens (tertiary/aromatic N) is 4. The highest BCUT2D eigenvalue weighted by Crippen LogP contribution is 2.23. The van der Waals surface area contributed by atoms with Gasteiger partial charge in [0.25, 0.3) is 5.91 Å². The van der Waals surface area contributed by atoms with Crippen LogP contribution in [0.15, 0.2) is 64.7 Å². The fourth-order valence-electron chi connectivity index (χ4n) is 2.83. The van der Waals surface area contributed by atoms with Crippen molar-refractivity contribution in [3.8, 4) is 0 Å². The van der Waals surface area contributed by atoms with Crippen LogP contribution in [0.3, 0.4) is 0 Å². The van der Waals surface area contributed by atoms with Crippen molar-refractivity contribution in [2.45, 2.75) is 13.8 Å². The summed E-state index contributed by atoms with van der Waals surface area (Å²) >= 11 is 0. The topological polar surface area (TPSA) is 68.5 Å². The average Bonchev–Trinajstić information content (AvgIpc) is 2.96. The normalized spacial score (nSPS) is 15.5. The van der Waals surface area contributed by atoms with E-state index in [2.05, 4.69) is 15.0 Å². The lowest BCUT2D eigenvalue weighted by molar-refractivity contribution is -0.112. The number of para-hydroxylation sites is 1. The number of hydrazone groups is 1. The van der Waals surface area contributed by atoms with Crippen LogP contribution >= 0.6 is 0 Å². The maximum Gasteiger partial charge on any atom is 0.299 e. The lowest BCUT2D eigenvalue weighted by Gasteiger charge is -2.21. The zero-order valence-corrected chi connectivity index (χ0v) is 15.0. The predicted molar refractivity (Wildman–Crippen MR) is 106 cm³/mol. The van der Waals surface area contributed by atoms with Crippen LogP contribution in [0, 0.1) is 0 Å². The van der Waals surface area contributed by atoms with Gasteiger partial charge >= 0.3 is 0 Å². The van der Waals surface area contributed by atoms with Crippen LogP contribution in [0.1, 0.15) is 13.8 Å². The van der Waals surface area contributed by atoms with E-state index >= 15 is 0 Å². The average molecular weight is 350 g/mol. The van der Waals surface area contributed by atoms with E-state index in [4.69, 9.17) is 5.11 Å². The van der Waals surface area contributed by atoms with Gasteiger partial charge in [0.15, 0.2) is 5.71 Å². The number of hydrogen-bond donors (Lipinski definition) is 1. The summed E-state index contributed by atoms with van der Waals surface area (Å²) in [6.07, 6.45) is 0. The molecule has 0 atom stereocenters. The predicted octanol–water partition coefficient (Wildman–Crippen LogP) is 3.00. The number of aliphatic hydroxyl groups is 1. The van der Waals surface area contributed by atoms with Gasteiger partial charge in [-0.1, -0.05) is 18.2 Å². The van der Waals surface area contributed by atoms with Crippen molar-refractivity contribution in [1.82, 2.24) is 0 Å². The van der Waals surface area contributed by atoms with Gasteiger partial charge in [0.1, 0.15) is 0 Å². The number of rotatable bonds is 6. The zero-order valence-electron chi connectivity index (χ0n) is 15.0. The number of carbonyl (C=O) groups is 1. The van der Waals surface area contributed by atoms with Crippen molar-refractivity contribution in [3.05, 3.63) is 54.6 Å². The van der Waals surface area contributed by atoms with Gasteiger partial charge in [-0.05, 0) is 50.2 Å². The third-order valence-corrected chi connectivity index (χ3v) is 4.20. The van der Waals surface area contributed by atoms with Gasteiger partial charge in [0, 0.05) is 18.8 Å². The van der Waals surface area contributed by atoms with E-state index in [-0.39, 0.29) is 12.5 Å². The van der Waals surface area contributed by atoms with Gasteiger partial charge in [0.05, 0.1) is 23.7 Å². The van der Waals surface area contributed by atoms with Crippen molar-refractivity contribution in [3.63, 3.8) is 0 Å². The monoisotopic (exact) mass is 350 g/mol. The quantitative estimate of drug-likeness (QED) is 0.871. The smallest absolute Gasteiger partial charge is 0.299 e. The van der Waals surface area contributed by atoms with Gasteiger partial charge in [-0.2, -0.15) is 10.1 Å². The minimum atomic E-state index is -0.228. The number of hydrogen-bond acceptors (Lipinski definition) is 5. The second-order valence-electron chi connectivity index (χ2n) is 5.92. The molecule has 0 spiro atoms. The first-order chi connectivity index (χ1) is 12.6. The van der Waals surface area contributed by atoms with Crippen molar-refractivity contribution in [1.29, 1.82) is 0 Å². The molecule has 0 radical (unpaired) electrons. The largest absolute Gasteiger partial charge is 0.395 e. The summed E-state index contributed by atoms with van der Waals surface area (Å²) in [5.74, 6) is -0.228. The van der Waals surface area contributed by atoms with E-state index < -0.39 is 0 Å². The molecule has 26 heavy (non-hydrogen) atoms. The fourth-order valence-corrected chi connectivity index (χ4v) is 2.83. The Morgan fingerprint density at radius 1 is 1.12 bits per heavy atom. The molecule has 0 bridgehead atoms. The summed E-state index contributed by atoms with van der Waals surface area (Å²) in [5, 5.41) is 14.8. The van der Waals surface area contributed by atoms with E-state index in [0.717, 1.165) is 17.9 Å². The van der Waals surface area contributed by atoms with Crippen LogP contribution in [0.2, 0.25) is 0 Å². The molecule has 0 unspecified atom stereocenters. The Morgan fingerprint density at radius 3 is 2.42 bits per heavy atom. The summed E-state index contributed by atoms with van der Waals surface area (Å²) in [6.45, 7) is 5.33. The Labute approximate surface area is 153 Å². The molecule has 0 saturated heterocycles. The van der Waals surface area contributed by atoms with Crippen LogP contribution < -0.4 is 9.91 Å². The van der Waals surface area contributed by atoms with Gasteiger partial charge in [-0.25, -0.2) is 4.99 Å². The van der Waals surface area contributed by atoms with Crippen LogP contribution in [0.25, 0.3) is 0 Å². The molecular formula is C20H22N4O2. The van der Waals surface area contributed by atoms with E-state index in [0.29, 0.717) is 23.7 Å². The SMILES string of the molecule is CCN(CCO)c1ccc(N=C2C(=O)N(c3ccccc3)N=C2C)cc1. The number of aliphatic imine (C=N–C) groups is 1. The summed E-state index contributed by atoms with van der Waals surface area (Å²) in [7, 11) is 0. The molecular weight excluding hydrogens is 328 g/mol. The molecule has 1 N–H and O–H groups in total. The summed E-state index contributed by atoms with van der Waals surface area (Å²) in [4.78, 5) is 19.2. The molecule has 3 rings (SSSR count). The van der Waals surface area contributed by atoms with Crippen molar-refractivity contribution in [2.24, 2.45) is 10.1 Å². The molecule has 1 amide bonds. The summed E-state index contributed by atoms with van der Waals surface area (Å²) in [6, 6.07) is 16.9. The van der Waals surface area contributed by atoms with Gasteiger partial charge < -0.3 is 10.0 Å². The Hall–Kier alpha value is -2.99. The molecule has 2 aromatic carbocycles. The Morgan fingerprint density at radius 2 is 1.81 bits per heavy atom. The van der Waals surface area contributed by atoms with E-state index in [1.165, 1.54) is 5.01 Å². The highest BCUT2D eigenvalue weighted by Gasteiger charge is 2.30. The third-order valence-electron chi connectivity index (χ3n) is 4.20. The number of likely N-dealkylation sites (N-methyl/N-ethyl adjacent to an activating group) is 1. The first-order valence-electron chi connectivity index (χ1n) is 8.63. The standard InChI is InChI=1S/C20H22N4O2/c1-3-23(13-14-25)17-11-9-16(10-12-17)21-19-15(2)22-24(20(19)26)18-7-5-4-6-8-18/h4-12,25H,3,13-14H2,1-2H3. The van der Waals surface area contributed by atoms with Crippen LogP contribution in [-0.2, 0) is 4.79 Å². The number of amides is 1. The zero-order chi connectivity index (χ0) is 18.5. The molecule has 134 valence electrons. The van der Waals surface area contributed by atoms with E-state index in [1.807, 2.05) is 61.5 Å². The van der Waals surface area contributed by atoms with Crippen molar-refractivity contribution in [2.75, 3.05) is 29.6 Å². The first-order valence-corrected chi connectivity index (χ1v) is 8.63. The highest BCUT2D eigenvalue weighted by molar-refractivity contribution is 6.71. The number of benzene rings is 2. The molecule has 0 aromatic heterocycles. The lowest BCUT2D eigenvalue weighted by Crippen LogP contribution is -2.27.